The van der Waals surface area contributed by atoms with E-state index >= 15 is 0 Å². The van der Waals surface area contributed by atoms with Crippen molar-refractivity contribution in [2.24, 2.45) is 0 Å². The van der Waals surface area contributed by atoms with Gasteiger partial charge in [-0.15, -0.1) is 0 Å². The summed E-state index contributed by atoms with van der Waals surface area (Å²) in [7, 11) is 0. The first-order valence-corrected chi connectivity index (χ1v) is 10.3. The number of aromatic amines is 1. The lowest BCUT2D eigenvalue weighted by atomic mass is 10.1. The maximum Gasteiger partial charge on any atom is 0.410 e. The number of likely N-dealkylation sites (tertiary alicyclic amines) is 1. The van der Waals surface area contributed by atoms with Gasteiger partial charge in [0.2, 0.25) is 0 Å². The lowest BCUT2D eigenvalue weighted by molar-refractivity contribution is -0.384. The number of piperidine rings is 1. The number of nitrogens with one attached hydrogen (secondary N) is 1. The summed E-state index contributed by atoms with van der Waals surface area (Å²) in [6, 6.07) is 1.69. The number of aromatic nitrogens is 2. The Bertz CT molecular complexity index is 952. The number of nitro groups is 1. The molecule has 1 N–H and O–H groups in total. The van der Waals surface area contributed by atoms with E-state index in [2.05, 4.69) is 9.97 Å². The Morgan fingerprint density at radius 2 is 1.97 bits per heavy atom. The molecule has 1 aromatic heterocycles. The van der Waals surface area contributed by atoms with Crippen LogP contribution in [0.5, 0.6) is 5.75 Å². The van der Waals surface area contributed by atoms with E-state index in [0.717, 1.165) is 5.56 Å². The van der Waals surface area contributed by atoms with Crippen molar-refractivity contribution in [2.45, 2.75) is 72.0 Å². The second kappa shape index (κ2) is 8.12. The van der Waals surface area contributed by atoms with Crippen molar-refractivity contribution in [2.75, 3.05) is 13.1 Å². The molecule has 164 valence electrons. The molecule has 1 saturated heterocycles. The summed E-state index contributed by atoms with van der Waals surface area (Å²) < 4.78 is 11.5. The SMILES string of the molecule is Cc1cc(OC2CCN(C(=O)OC(C)(C)C)CC2)c([N+](=O)[O-])c2[nH]c(C(C)C)nc12. The molecule has 9 nitrogen and oxygen atoms in total. The lowest BCUT2D eigenvalue weighted by Gasteiger charge is -2.33. The Labute approximate surface area is 175 Å². The largest absolute Gasteiger partial charge is 0.483 e. The molecular formula is C21H30N4O5. The molecule has 1 amide bonds. The maximum atomic E-state index is 12.2. The Morgan fingerprint density at radius 1 is 1.33 bits per heavy atom. The average molecular weight is 418 g/mol. The molecule has 30 heavy (non-hydrogen) atoms. The third-order valence-electron chi connectivity index (χ3n) is 5.03. The Kier molecular flexibility index (Phi) is 5.92. The molecule has 1 fully saturated rings. The lowest BCUT2D eigenvalue weighted by Crippen LogP contribution is -2.44. The van der Waals surface area contributed by atoms with Crippen molar-refractivity contribution < 1.29 is 19.2 Å². The number of benzene rings is 1. The summed E-state index contributed by atoms with van der Waals surface area (Å²) in [6.07, 6.45) is 0.594. The number of hydrogen-bond donors (Lipinski definition) is 1. The highest BCUT2D eigenvalue weighted by atomic mass is 16.6. The summed E-state index contributed by atoms with van der Waals surface area (Å²) in [5.74, 6) is 1.07. The fourth-order valence-corrected chi connectivity index (χ4v) is 3.51. The normalized spacial score (nSPS) is 15.6. The van der Waals surface area contributed by atoms with Gasteiger partial charge in [0.1, 0.15) is 23.0 Å². The first kappa shape index (κ1) is 21.9. The molecule has 1 aliphatic rings. The van der Waals surface area contributed by atoms with Crippen LogP contribution < -0.4 is 4.74 Å². The number of amides is 1. The summed E-state index contributed by atoms with van der Waals surface area (Å²) in [5.41, 5.74) is 1.17. The van der Waals surface area contributed by atoms with Gasteiger partial charge in [0, 0.05) is 31.8 Å². The van der Waals surface area contributed by atoms with Crippen LogP contribution in [0.3, 0.4) is 0 Å². The standard InChI is InChI=1S/C21H30N4O5/c1-12(2)19-22-16-13(3)11-15(18(25(27)28)17(16)23-19)29-14-7-9-24(10-8-14)20(26)30-21(4,5)6/h11-12,14H,7-10H2,1-6H3,(H,22,23). The molecule has 0 radical (unpaired) electrons. The molecule has 3 rings (SSSR count). The van der Waals surface area contributed by atoms with Gasteiger partial charge >= 0.3 is 11.8 Å². The monoisotopic (exact) mass is 418 g/mol. The molecule has 0 aliphatic carbocycles. The zero-order valence-electron chi connectivity index (χ0n) is 18.4. The van der Waals surface area contributed by atoms with E-state index in [1.165, 1.54) is 0 Å². The van der Waals surface area contributed by atoms with Gasteiger partial charge in [-0.1, -0.05) is 13.8 Å². The van der Waals surface area contributed by atoms with Gasteiger partial charge in [0.05, 0.1) is 10.4 Å². The van der Waals surface area contributed by atoms with Gasteiger partial charge in [-0.05, 0) is 39.3 Å². The summed E-state index contributed by atoms with van der Waals surface area (Å²) >= 11 is 0. The van der Waals surface area contributed by atoms with Crippen molar-refractivity contribution in [3.63, 3.8) is 0 Å². The van der Waals surface area contributed by atoms with Gasteiger partial charge in [0.25, 0.3) is 0 Å². The van der Waals surface area contributed by atoms with Crippen LogP contribution in [0.4, 0.5) is 10.5 Å². The zero-order valence-corrected chi connectivity index (χ0v) is 18.4. The van der Waals surface area contributed by atoms with E-state index in [4.69, 9.17) is 9.47 Å². The number of carbonyl (C=O) groups is 1. The van der Waals surface area contributed by atoms with E-state index in [1.807, 2.05) is 41.5 Å². The number of ether oxygens (including phenoxy) is 2. The van der Waals surface area contributed by atoms with Crippen molar-refractivity contribution in [1.29, 1.82) is 0 Å². The van der Waals surface area contributed by atoms with Gasteiger partial charge < -0.3 is 19.4 Å². The Morgan fingerprint density at radius 3 is 2.50 bits per heavy atom. The number of hydrogen-bond acceptors (Lipinski definition) is 6. The highest BCUT2D eigenvalue weighted by Gasteiger charge is 2.31. The molecule has 0 saturated carbocycles. The highest BCUT2D eigenvalue weighted by Crippen LogP contribution is 2.38. The minimum atomic E-state index is -0.545. The summed E-state index contributed by atoms with van der Waals surface area (Å²) in [5, 5.41) is 11.9. The third-order valence-corrected chi connectivity index (χ3v) is 5.03. The van der Waals surface area contributed by atoms with E-state index in [-0.39, 0.29) is 29.6 Å². The van der Waals surface area contributed by atoms with Crippen LogP contribution in [-0.2, 0) is 4.74 Å². The number of nitro benzene ring substituents is 1. The number of aryl methyl sites for hydroxylation is 1. The highest BCUT2D eigenvalue weighted by molar-refractivity contribution is 5.90. The van der Waals surface area contributed by atoms with Crippen molar-refractivity contribution in [3.05, 3.63) is 27.6 Å². The number of rotatable bonds is 4. The van der Waals surface area contributed by atoms with Crippen LogP contribution in [0, 0.1) is 17.0 Å². The fraction of sp³-hybridized carbons (Fsp3) is 0.619. The molecule has 1 aliphatic heterocycles. The van der Waals surface area contributed by atoms with Crippen molar-refractivity contribution in [1.82, 2.24) is 14.9 Å². The first-order chi connectivity index (χ1) is 14.0. The van der Waals surface area contributed by atoms with E-state index in [0.29, 0.717) is 42.8 Å². The number of nitrogens with zero attached hydrogens (tertiary/aromatic N) is 3. The third kappa shape index (κ3) is 4.66. The van der Waals surface area contributed by atoms with E-state index < -0.39 is 10.5 Å². The van der Waals surface area contributed by atoms with Gasteiger partial charge in [-0.3, -0.25) is 10.1 Å². The quantitative estimate of drug-likeness (QED) is 0.570. The predicted octanol–water partition coefficient (Wildman–Crippen LogP) is 4.68. The molecule has 2 aromatic rings. The van der Waals surface area contributed by atoms with Crippen LogP contribution in [0.15, 0.2) is 6.07 Å². The van der Waals surface area contributed by atoms with Crippen LogP contribution in [0.2, 0.25) is 0 Å². The predicted molar refractivity (Wildman–Crippen MR) is 113 cm³/mol. The van der Waals surface area contributed by atoms with E-state index in [1.54, 1.807) is 11.0 Å². The van der Waals surface area contributed by atoms with Crippen molar-refractivity contribution >= 4 is 22.8 Å². The summed E-state index contributed by atoms with van der Waals surface area (Å²) in [4.78, 5) is 32.9. The molecule has 0 unspecified atom stereocenters. The second-order valence-electron chi connectivity index (χ2n) is 9.08. The van der Waals surface area contributed by atoms with Crippen LogP contribution in [0.25, 0.3) is 11.0 Å². The maximum absolute atomic E-state index is 12.2. The van der Waals surface area contributed by atoms with Crippen molar-refractivity contribution in [3.8, 4) is 5.75 Å². The van der Waals surface area contributed by atoms with Gasteiger partial charge in [0.15, 0.2) is 5.75 Å². The number of H-pyrrole nitrogens is 1. The van der Waals surface area contributed by atoms with Gasteiger partial charge in [-0.2, -0.15) is 0 Å². The number of fused-ring (bicyclic) bond motifs is 1. The molecular weight excluding hydrogens is 388 g/mol. The topological polar surface area (TPSA) is 111 Å². The molecule has 1 aromatic carbocycles. The second-order valence-corrected chi connectivity index (χ2v) is 9.08. The fourth-order valence-electron chi connectivity index (χ4n) is 3.51. The van der Waals surface area contributed by atoms with Gasteiger partial charge in [-0.25, -0.2) is 9.78 Å². The molecule has 0 spiro atoms. The Balaban J connectivity index is 1.79. The molecule has 9 heteroatoms. The smallest absolute Gasteiger partial charge is 0.410 e. The van der Waals surface area contributed by atoms with E-state index in [9.17, 15) is 14.9 Å². The Hall–Kier alpha value is -2.84. The molecule has 0 bridgehead atoms. The minimum Gasteiger partial charge on any atom is -0.483 e. The number of imidazole rings is 1. The summed E-state index contributed by atoms with van der Waals surface area (Å²) in [6.45, 7) is 12.3. The molecule has 2 heterocycles. The van der Waals surface area contributed by atoms with Crippen LogP contribution >= 0.6 is 0 Å². The van der Waals surface area contributed by atoms with Crippen LogP contribution in [-0.4, -0.2) is 50.7 Å². The van der Waals surface area contributed by atoms with Crippen LogP contribution in [0.1, 0.15) is 64.8 Å². The first-order valence-electron chi connectivity index (χ1n) is 10.3. The number of carbonyl (C=O) groups excluding carboxylic acids is 1. The minimum absolute atomic E-state index is 0.0930. The zero-order chi connectivity index (χ0) is 22.2. The molecule has 0 atom stereocenters. The average Bonchev–Trinajstić information content (AvgIpc) is 3.06.